The number of ether oxygens (including phenoxy) is 1. The van der Waals surface area contributed by atoms with Crippen LogP contribution in [0.15, 0.2) is 48.5 Å². The van der Waals surface area contributed by atoms with Crippen molar-refractivity contribution in [2.45, 2.75) is 0 Å². The van der Waals surface area contributed by atoms with Crippen molar-refractivity contribution in [2.75, 3.05) is 0 Å². The molecule has 4 nitrogen and oxygen atoms in total. The summed E-state index contributed by atoms with van der Waals surface area (Å²) >= 11 is 0. The predicted molar refractivity (Wildman–Crippen MR) is 68.0 cm³/mol. The van der Waals surface area contributed by atoms with E-state index in [4.69, 9.17) is 4.74 Å². The molecule has 0 bridgehead atoms. The van der Waals surface area contributed by atoms with E-state index in [2.05, 4.69) is 9.97 Å². The molecule has 0 amide bonds. The first-order chi connectivity index (χ1) is 8.85. The van der Waals surface area contributed by atoms with E-state index in [1.54, 1.807) is 24.3 Å². The number of aromatic nitrogens is 2. The number of aromatic amines is 1. The number of aldehydes is 1. The van der Waals surface area contributed by atoms with Crippen LogP contribution in [0.3, 0.4) is 0 Å². The Kier molecular flexibility index (Phi) is 2.53. The molecule has 4 heteroatoms. The van der Waals surface area contributed by atoms with Crippen molar-refractivity contribution in [3.63, 3.8) is 0 Å². The van der Waals surface area contributed by atoms with Crippen molar-refractivity contribution in [2.24, 2.45) is 0 Å². The number of fused-ring (bicyclic) bond motifs is 1. The van der Waals surface area contributed by atoms with Crippen LogP contribution in [0, 0.1) is 0 Å². The van der Waals surface area contributed by atoms with Crippen LogP contribution >= 0.6 is 0 Å². The second kappa shape index (κ2) is 4.33. The van der Waals surface area contributed by atoms with Crippen molar-refractivity contribution in [1.82, 2.24) is 9.97 Å². The Labute approximate surface area is 103 Å². The number of nitrogens with zero attached hydrogens (tertiary/aromatic N) is 1. The summed E-state index contributed by atoms with van der Waals surface area (Å²) in [6, 6.07) is 15.0. The van der Waals surface area contributed by atoms with Gasteiger partial charge in [-0.1, -0.05) is 12.1 Å². The van der Waals surface area contributed by atoms with Gasteiger partial charge in [-0.3, -0.25) is 4.79 Å². The summed E-state index contributed by atoms with van der Waals surface area (Å²) in [5.74, 6) is 0.639. The molecule has 2 aromatic carbocycles. The third-order valence-corrected chi connectivity index (χ3v) is 2.60. The fourth-order valence-corrected chi connectivity index (χ4v) is 1.70. The van der Waals surface area contributed by atoms with Gasteiger partial charge in [0.2, 0.25) is 0 Å². The Morgan fingerprint density at radius 1 is 1.06 bits per heavy atom. The number of carbonyl (C=O) groups excluding carboxylic acids is 1. The van der Waals surface area contributed by atoms with Crippen LogP contribution in [0.5, 0.6) is 11.8 Å². The Bertz CT molecular complexity index is 653. The van der Waals surface area contributed by atoms with Gasteiger partial charge in [0.1, 0.15) is 12.0 Å². The molecular weight excluding hydrogens is 228 g/mol. The number of carbonyl (C=O) groups is 1. The molecule has 0 atom stereocenters. The van der Waals surface area contributed by atoms with E-state index in [0.717, 1.165) is 17.3 Å². The number of hydrogen-bond acceptors (Lipinski definition) is 3. The standard InChI is InChI=1S/C14H10N2O2/c17-9-10-5-7-11(8-6-10)18-14-15-12-3-1-2-4-13(12)16-14/h1-9H,(H,15,16). The molecule has 1 aromatic heterocycles. The Morgan fingerprint density at radius 2 is 1.83 bits per heavy atom. The summed E-state index contributed by atoms with van der Waals surface area (Å²) in [5, 5.41) is 0. The molecular formula is C14H10N2O2. The lowest BCUT2D eigenvalue weighted by atomic mass is 10.2. The summed E-state index contributed by atoms with van der Waals surface area (Å²) in [4.78, 5) is 17.9. The van der Waals surface area contributed by atoms with Crippen LogP contribution in [0.25, 0.3) is 11.0 Å². The quantitative estimate of drug-likeness (QED) is 0.713. The van der Waals surface area contributed by atoms with Gasteiger partial charge in [-0.2, -0.15) is 4.98 Å². The molecule has 0 saturated carbocycles. The smallest absolute Gasteiger partial charge is 0.300 e. The maximum Gasteiger partial charge on any atom is 0.300 e. The van der Waals surface area contributed by atoms with Gasteiger partial charge in [0.15, 0.2) is 0 Å². The number of nitrogens with one attached hydrogen (secondary N) is 1. The largest absolute Gasteiger partial charge is 0.426 e. The summed E-state index contributed by atoms with van der Waals surface area (Å²) in [6.07, 6.45) is 0.797. The average molecular weight is 238 g/mol. The third-order valence-electron chi connectivity index (χ3n) is 2.60. The number of benzene rings is 2. The van der Waals surface area contributed by atoms with E-state index in [-0.39, 0.29) is 0 Å². The zero-order valence-corrected chi connectivity index (χ0v) is 9.46. The van der Waals surface area contributed by atoms with Crippen molar-refractivity contribution >= 4 is 17.3 Å². The van der Waals surface area contributed by atoms with Gasteiger partial charge in [-0.05, 0) is 36.4 Å². The molecule has 0 unspecified atom stereocenters. The predicted octanol–water partition coefficient (Wildman–Crippen LogP) is 3.17. The zero-order valence-electron chi connectivity index (χ0n) is 9.46. The van der Waals surface area contributed by atoms with Crippen LogP contribution in [0.1, 0.15) is 10.4 Å². The van der Waals surface area contributed by atoms with Crippen molar-refractivity contribution in [3.05, 3.63) is 54.1 Å². The molecule has 0 radical (unpaired) electrons. The topological polar surface area (TPSA) is 55.0 Å². The molecule has 0 spiro atoms. The summed E-state index contributed by atoms with van der Waals surface area (Å²) in [6.45, 7) is 0. The molecule has 88 valence electrons. The summed E-state index contributed by atoms with van der Waals surface area (Å²) in [5.41, 5.74) is 2.40. The fraction of sp³-hybridized carbons (Fsp3) is 0. The molecule has 3 aromatic rings. The molecule has 0 fully saturated rings. The normalized spacial score (nSPS) is 10.4. The van der Waals surface area contributed by atoms with Gasteiger partial charge in [-0.25, -0.2) is 0 Å². The number of para-hydroxylation sites is 2. The number of hydrogen-bond donors (Lipinski definition) is 1. The number of H-pyrrole nitrogens is 1. The highest BCUT2D eigenvalue weighted by Gasteiger charge is 2.03. The number of rotatable bonds is 3. The lowest BCUT2D eigenvalue weighted by Gasteiger charge is -2.00. The van der Waals surface area contributed by atoms with Gasteiger partial charge in [0.25, 0.3) is 6.01 Å². The van der Waals surface area contributed by atoms with E-state index in [0.29, 0.717) is 17.3 Å². The van der Waals surface area contributed by atoms with Crippen LogP contribution in [-0.4, -0.2) is 16.3 Å². The third kappa shape index (κ3) is 1.96. The van der Waals surface area contributed by atoms with Gasteiger partial charge < -0.3 is 9.72 Å². The van der Waals surface area contributed by atoms with Crippen LogP contribution in [0.2, 0.25) is 0 Å². The monoisotopic (exact) mass is 238 g/mol. The molecule has 1 N–H and O–H groups in total. The minimum atomic E-state index is 0.440. The minimum absolute atomic E-state index is 0.440. The van der Waals surface area contributed by atoms with E-state index in [9.17, 15) is 4.79 Å². The Balaban J connectivity index is 1.88. The molecule has 3 rings (SSSR count). The number of imidazole rings is 1. The SMILES string of the molecule is O=Cc1ccc(Oc2nc3ccccc3[nH]2)cc1. The van der Waals surface area contributed by atoms with Gasteiger partial charge in [0, 0.05) is 5.56 Å². The van der Waals surface area contributed by atoms with Crippen molar-refractivity contribution in [3.8, 4) is 11.8 Å². The van der Waals surface area contributed by atoms with Crippen molar-refractivity contribution in [1.29, 1.82) is 0 Å². The fourth-order valence-electron chi connectivity index (χ4n) is 1.70. The van der Waals surface area contributed by atoms with Gasteiger partial charge in [-0.15, -0.1) is 0 Å². The second-order valence-electron chi connectivity index (χ2n) is 3.85. The maximum absolute atomic E-state index is 10.5. The highest BCUT2D eigenvalue weighted by molar-refractivity contribution is 5.76. The Morgan fingerprint density at radius 3 is 2.56 bits per heavy atom. The van der Waals surface area contributed by atoms with Gasteiger partial charge in [0.05, 0.1) is 11.0 Å². The van der Waals surface area contributed by atoms with Gasteiger partial charge >= 0.3 is 0 Å². The summed E-state index contributed by atoms with van der Waals surface area (Å²) < 4.78 is 5.58. The maximum atomic E-state index is 10.5. The first-order valence-corrected chi connectivity index (χ1v) is 5.53. The van der Waals surface area contributed by atoms with E-state index in [1.807, 2.05) is 24.3 Å². The highest BCUT2D eigenvalue weighted by Crippen LogP contribution is 2.21. The molecule has 0 aliphatic carbocycles. The van der Waals surface area contributed by atoms with E-state index >= 15 is 0 Å². The van der Waals surface area contributed by atoms with Crippen LogP contribution in [0.4, 0.5) is 0 Å². The average Bonchev–Trinajstić information content (AvgIpc) is 2.82. The molecule has 18 heavy (non-hydrogen) atoms. The first kappa shape index (κ1) is 10.5. The lowest BCUT2D eigenvalue weighted by molar-refractivity contribution is 0.112. The molecule has 0 aliphatic rings. The molecule has 0 aliphatic heterocycles. The van der Waals surface area contributed by atoms with E-state index < -0.39 is 0 Å². The highest BCUT2D eigenvalue weighted by atomic mass is 16.5. The zero-order chi connectivity index (χ0) is 12.4. The van der Waals surface area contributed by atoms with E-state index in [1.165, 1.54) is 0 Å². The van der Waals surface area contributed by atoms with Crippen molar-refractivity contribution < 1.29 is 9.53 Å². The summed E-state index contributed by atoms with van der Waals surface area (Å²) in [7, 11) is 0. The van der Waals surface area contributed by atoms with Crippen LogP contribution < -0.4 is 4.74 Å². The molecule has 1 heterocycles. The second-order valence-corrected chi connectivity index (χ2v) is 3.85. The molecule has 0 saturated heterocycles. The Hall–Kier alpha value is -2.62. The minimum Gasteiger partial charge on any atom is -0.426 e. The first-order valence-electron chi connectivity index (χ1n) is 5.53. The lowest BCUT2D eigenvalue weighted by Crippen LogP contribution is -1.86. The van der Waals surface area contributed by atoms with Crippen LogP contribution in [-0.2, 0) is 0 Å².